The lowest BCUT2D eigenvalue weighted by molar-refractivity contribution is -0.118. The van der Waals surface area contributed by atoms with Gasteiger partial charge in [-0.15, -0.1) is 0 Å². The number of amides is 2. The van der Waals surface area contributed by atoms with Crippen molar-refractivity contribution in [2.45, 2.75) is 19.4 Å². The van der Waals surface area contributed by atoms with Crippen molar-refractivity contribution in [3.8, 4) is 11.5 Å². The second-order valence-corrected chi connectivity index (χ2v) is 4.34. The second-order valence-electron chi connectivity index (χ2n) is 4.34. The number of benzene rings is 1. The number of nitrogens with two attached hydrogens (primary N) is 2. The number of methoxy groups -OCH3 is 2. The topological polar surface area (TPSA) is 117 Å². The van der Waals surface area contributed by atoms with Crippen LogP contribution in [0.25, 0.3) is 0 Å². The molecule has 20 heavy (non-hydrogen) atoms. The second kappa shape index (κ2) is 6.65. The summed E-state index contributed by atoms with van der Waals surface area (Å²) in [4.78, 5) is 22.9. The Labute approximate surface area is 117 Å². The summed E-state index contributed by atoms with van der Waals surface area (Å²) < 4.78 is 10.2. The van der Waals surface area contributed by atoms with Crippen molar-refractivity contribution >= 4 is 17.5 Å². The Kier molecular flexibility index (Phi) is 5.19. The van der Waals surface area contributed by atoms with Gasteiger partial charge in [-0.05, 0) is 13.0 Å². The molecule has 110 valence electrons. The van der Waals surface area contributed by atoms with Crippen LogP contribution in [0.5, 0.6) is 11.5 Å². The van der Waals surface area contributed by atoms with Crippen LogP contribution in [0.1, 0.15) is 23.7 Å². The number of carbonyl (C=O) groups excluding carboxylic acids is 2. The minimum Gasteiger partial charge on any atom is -0.497 e. The molecule has 0 spiro atoms. The van der Waals surface area contributed by atoms with Gasteiger partial charge < -0.3 is 26.3 Å². The minimum atomic E-state index is -0.492. The third-order valence-electron chi connectivity index (χ3n) is 2.70. The monoisotopic (exact) mass is 281 g/mol. The van der Waals surface area contributed by atoms with Gasteiger partial charge >= 0.3 is 0 Å². The molecule has 0 aliphatic rings. The van der Waals surface area contributed by atoms with Crippen LogP contribution in [0.3, 0.4) is 0 Å². The van der Waals surface area contributed by atoms with Crippen molar-refractivity contribution in [1.82, 2.24) is 5.32 Å². The molecular weight excluding hydrogens is 262 g/mol. The third-order valence-corrected chi connectivity index (χ3v) is 2.70. The third kappa shape index (κ3) is 3.78. The molecule has 0 saturated carbocycles. The molecule has 1 atom stereocenters. The van der Waals surface area contributed by atoms with Crippen molar-refractivity contribution in [2.75, 3.05) is 20.0 Å². The number of anilines is 1. The van der Waals surface area contributed by atoms with E-state index in [2.05, 4.69) is 5.32 Å². The molecule has 7 nitrogen and oxygen atoms in total. The quantitative estimate of drug-likeness (QED) is 0.647. The Morgan fingerprint density at radius 1 is 1.30 bits per heavy atom. The Hall–Kier alpha value is -2.44. The van der Waals surface area contributed by atoms with Crippen molar-refractivity contribution in [2.24, 2.45) is 5.73 Å². The normalized spacial score (nSPS) is 11.6. The number of nitrogen functional groups attached to an aromatic ring is 1. The fourth-order valence-electron chi connectivity index (χ4n) is 1.73. The molecule has 1 aromatic carbocycles. The smallest absolute Gasteiger partial charge is 0.253 e. The zero-order valence-corrected chi connectivity index (χ0v) is 11.7. The van der Waals surface area contributed by atoms with Crippen molar-refractivity contribution < 1.29 is 19.1 Å². The standard InChI is InChI=1S/C13H19N3O4/c1-7(4-11(14)17)16-13(18)9-5-8(19-2)6-10(20-3)12(9)15/h5-7H,4,15H2,1-3H3,(H2,14,17)(H,16,18). The Bertz CT molecular complexity index is 517. The molecule has 0 fully saturated rings. The van der Waals surface area contributed by atoms with Gasteiger partial charge in [0.05, 0.1) is 25.5 Å². The van der Waals surface area contributed by atoms with Crippen molar-refractivity contribution in [3.63, 3.8) is 0 Å². The maximum atomic E-state index is 12.1. The fourth-order valence-corrected chi connectivity index (χ4v) is 1.73. The zero-order chi connectivity index (χ0) is 15.3. The number of hydrogen-bond donors (Lipinski definition) is 3. The summed E-state index contributed by atoms with van der Waals surface area (Å²) in [6.07, 6.45) is 0.0484. The summed E-state index contributed by atoms with van der Waals surface area (Å²) >= 11 is 0. The van der Waals surface area contributed by atoms with Crippen LogP contribution in [0.15, 0.2) is 12.1 Å². The van der Waals surface area contributed by atoms with Crippen LogP contribution < -0.4 is 26.3 Å². The lowest BCUT2D eigenvalue weighted by Crippen LogP contribution is -2.36. The van der Waals surface area contributed by atoms with E-state index >= 15 is 0 Å². The minimum absolute atomic E-state index is 0.0484. The predicted molar refractivity (Wildman–Crippen MR) is 74.7 cm³/mol. The fraction of sp³-hybridized carbons (Fsp3) is 0.385. The first kappa shape index (κ1) is 15.6. The molecular formula is C13H19N3O4. The highest BCUT2D eigenvalue weighted by Gasteiger charge is 2.18. The van der Waals surface area contributed by atoms with Crippen LogP contribution in [0.2, 0.25) is 0 Å². The van der Waals surface area contributed by atoms with E-state index in [1.54, 1.807) is 13.0 Å². The molecule has 1 rings (SSSR count). The first-order valence-corrected chi connectivity index (χ1v) is 5.99. The Morgan fingerprint density at radius 2 is 1.95 bits per heavy atom. The lowest BCUT2D eigenvalue weighted by Gasteiger charge is -2.15. The SMILES string of the molecule is COc1cc(OC)c(N)c(C(=O)NC(C)CC(N)=O)c1. The molecule has 0 heterocycles. The summed E-state index contributed by atoms with van der Waals surface area (Å²) in [5.74, 6) is -0.122. The first-order chi connectivity index (χ1) is 9.38. The summed E-state index contributed by atoms with van der Waals surface area (Å²) in [5, 5.41) is 2.64. The molecule has 0 aliphatic heterocycles. The van der Waals surface area contributed by atoms with E-state index in [1.165, 1.54) is 20.3 Å². The van der Waals surface area contributed by atoms with Gasteiger partial charge in [0.15, 0.2) is 0 Å². The Balaban J connectivity index is 3.00. The highest BCUT2D eigenvalue weighted by Crippen LogP contribution is 2.31. The maximum Gasteiger partial charge on any atom is 0.253 e. The molecule has 7 heteroatoms. The molecule has 0 aliphatic carbocycles. The molecule has 0 bridgehead atoms. The van der Waals surface area contributed by atoms with Crippen LogP contribution in [-0.4, -0.2) is 32.1 Å². The number of primary amides is 1. The lowest BCUT2D eigenvalue weighted by atomic mass is 10.1. The molecule has 0 saturated heterocycles. The summed E-state index contributed by atoms with van der Waals surface area (Å²) in [6, 6.07) is 2.69. The van der Waals surface area contributed by atoms with Crippen LogP contribution in [0.4, 0.5) is 5.69 Å². The van der Waals surface area contributed by atoms with Gasteiger partial charge in [-0.1, -0.05) is 0 Å². The molecule has 0 radical (unpaired) electrons. The van der Waals surface area contributed by atoms with E-state index in [-0.39, 0.29) is 17.7 Å². The average Bonchev–Trinajstić information content (AvgIpc) is 2.37. The van der Waals surface area contributed by atoms with Gasteiger partial charge in [-0.25, -0.2) is 0 Å². The maximum absolute atomic E-state index is 12.1. The van der Waals surface area contributed by atoms with E-state index in [4.69, 9.17) is 20.9 Å². The van der Waals surface area contributed by atoms with E-state index in [1.807, 2.05) is 0 Å². The van der Waals surface area contributed by atoms with Crippen LogP contribution in [0, 0.1) is 0 Å². The number of rotatable bonds is 6. The highest BCUT2D eigenvalue weighted by atomic mass is 16.5. The zero-order valence-electron chi connectivity index (χ0n) is 11.7. The molecule has 5 N–H and O–H groups in total. The number of ether oxygens (including phenoxy) is 2. The molecule has 1 aromatic rings. The largest absolute Gasteiger partial charge is 0.497 e. The van der Waals surface area contributed by atoms with Gasteiger partial charge in [-0.3, -0.25) is 9.59 Å². The van der Waals surface area contributed by atoms with Gasteiger partial charge in [0, 0.05) is 18.5 Å². The van der Waals surface area contributed by atoms with Crippen molar-refractivity contribution in [1.29, 1.82) is 0 Å². The van der Waals surface area contributed by atoms with Gasteiger partial charge in [-0.2, -0.15) is 0 Å². The van der Waals surface area contributed by atoms with Gasteiger partial charge in [0.1, 0.15) is 11.5 Å². The van der Waals surface area contributed by atoms with Crippen LogP contribution in [-0.2, 0) is 4.79 Å². The Morgan fingerprint density at radius 3 is 2.45 bits per heavy atom. The molecule has 2 amide bonds. The number of nitrogens with one attached hydrogen (secondary N) is 1. The van der Waals surface area contributed by atoms with E-state index in [9.17, 15) is 9.59 Å². The average molecular weight is 281 g/mol. The summed E-state index contributed by atoms with van der Waals surface area (Å²) in [7, 11) is 2.92. The highest BCUT2D eigenvalue weighted by molar-refractivity contribution is 6.01. The summed E-state index contributed by atoms with van der Waals surface area (Å²) in [6.45, 7) is 1.68. The van der Waals surface area contributed by atoms with Crippen LogP contribution >= 0.6 is 0 Å². The van der Waals surface area contributed by atoms with Gasteiger partial charge in [0.25, 0.3) is 5.91 Å². The number of carbonyl (C=O) groups is 2. The predicted octanol–water partition coefficient (Wildman–Crippen LogP) is 0.280. The molecule has 0 aromatic heterocycles. The van der Waals surface area contributed by atoms with Gasteiger partial charge in [0.2, 0.25) is 5.91 Å². The molecule has 1 unspecified atom stereocenters. The van der Waals surface area contributed by atoms with E-state index in [0.717, 1.165) is 0 Å². The van der Waals surface area contributed by atoms with E-state index < -0.39 is 17.9 Å². The summed E-state index contributed by atoms with van der Waals surface area (Å²) in [5.41, 5.74) is 11.4. The first-order valence-electron chi connectivity index (χ1n) is 5.99. The van der Waals surface area contributed by atoms with Crippen molar-refractivity contribution in [3.05, 3.63) is 17.7 Å². The van der Waals surface area contributed by atoms with E-state index in [0.29, 0.717) is 11.5 Å². The number of hydrogen-bond acceptors (Lipinski definition) is 5.